The summed E-state index contributed by atoms with van der Waals surface area (Å²) in [6.45, 7) is 9.83. The fourth-order valence-electron chi connectivity index (χ4n) is 2.33. The second-order valence-corrected chi connectivity index (χ2v) is 6.16. The van der Waals surface area contributed by atoms with Gasteiger partial charge in [0.05, 0.1) is 0 Å². The summed E-state index contributed by atoms with van der Waals surface area (Å²) < 4.78 is 2.35. The molecule has 1 aliphatic carbocycles. The lowest BCUT2D eigenvalue weighted by Crippen LogP contribution is -2.03. The number of halogens is 2. The van der Waals surface area contributed by atoms with Crippen LogP contribution in [0.1, 0.15) is 25.0 Å². The largest absolute Gasteiger partial charge is 0.320 e. The zero-order chi connectivity index (χ0) is 15.8. The molecule has 0 aromatic heterocycles. The molecule has 0 spiro atoms. The van der Waals surface area contributed by atoms with Gasteiger partial charge >= 0.3 is 0 Å². The molecule has 110 valence electrons. The van der Waals surface area contributed by atoms with E-state index in [4.69, 9.17) is 6.57 Å². The smallest absolute Gasteiger partial charge is 0.205 e. The normalized spacial score (nSPS) is 10.7. The Kier molecular flexibility index (Phi) is 7.71. The lowest BCUT2D eigenvalue weighted by atomic mass is 9.86. The highest BCUT2D eigenvalue weighted by Crippen LogP contribution is 2.36. The quantitative estimate of drug-likeness (QED) is 0.436. The first-order valence-electron chi connectivity index (χ1n) is 6.98. The number of benzene rings is 2. The second-order valence-electron chi connectivity index (χ2n) is 4.33. The summed E-state index contributed by atoms with van der Waals surface area (Å²) >= 11 is 7.07. The van der Waals surface area contributed by atoms with Crippen molar-refractivity contribution in [2.45, 2.75) is 26.7 Å². The van der Waals surface area contributed by atoms with Gasteiger partial charge in [0.1, 0.15) is 0 Å². The number of rotatable bonds is 0. The van der Waals surface area contributed by atoms with Crippen LogP contribution in [0.3, 0.4) is 0 Å². The molecule has 0 fully saturated rings. The molecule has 0 heterocycles. The van der Waals surface area contributed by atoms with Crippen LogP contribution in [0.4, 0.5) is 0 Å². The van der Waals surface area contributed by atoms with Gasteiger partial charge in [0.15, 0.2) is 0 Å². The van der Waals surface area contributed by atoms with Gasteiger partial charge in [-0.05, 0) is 59.4 Å². The van der Waals surface area contributed by atoms with Crippen molar-refractivity contribution in [1.29, 1.82) is 0 Å². The average Bonchev–Trinajstić information content (AvgIpc) is 2.49. The fourth-order valence-corrected chi connectivity index (χ4v) is 3.15. The van der Waals surface area contributed by atoms with Crippen LogP contribution in [-0.2, 0) is 12.8 Å². The number of nitrogens with zero attached hydrogens (tertiary/aromatic N) is 1. The van der Waals surface area contributed by atoms with Gasteiger partial charge in [-0.15, -0.1) is 0 Å². The Bertz CT molecular complexity index is 591. The van der Waals surface area contributed by atoms with E-state index in [-0.39, 0.29) is 0 Å². The molecule has 0 aliphatic heterocycles. The maximum absolute atomic E-state index is 5.83. The summed E-state index contributed by atoms with van der Waals surface area (Å²) in [6, 6.07) is 13.1. The van der Waals surface area contributed by atoms with E-state index in [0.29, 0.717) is 0 Å². The molecule has 1 nitrogen and oxygen atoms in total. The van der Waals surface area contributed by atoms with Crippen LogP contribution in [0.2, 0.25) is 0 Å². The minimum atomic E-state index is 1.14. The molecule has 0 radical (unpaired) electrons. The van der Waals surface area contributed by atoms with Gasteiger partial charge < -0.3 is 4.85 Å². The van der Waals surface area contributed by atoms with E-state index in [2.05, 4.69) is 73.1 Å². The maximum atomic E-state index is 5.83. The van der Waals surface area contributed by atoms with Crippen LogP contribution < -0.4 is 0 Å². The second kappa shape index (κ2) is 9.02. The van der Waals surface area contributed by atoms with Crippen LogP contribution in [0.25, 0.3) is 16.0 Å². The summed E-state index contributed by atoms with van der Waals surface area (Å²) in [5.74, 6) is 0. The van der Waals surface area contributed by atoms with Gasteiger partial charge in [0.25, 0.3) is 0 Å². The van der Waals surface area contributed by atoms with Crippen LogP contribution >= 0.6 is 31.9 Å². The first-order chi connectivity index (χ1) is 10.2. The van der Waals surface area contributed by atoms with Crippen molar-refractivity contribution in [1.82, 2.24) is 0 Å². The first kappa shape index (κ1) is 17.9. The maximum Gasteiger partial charge on any atom is 0.205 e. The number of aryl methyl sites for hydroxylation is 2. The zero-order valence-corrected chi connectivity index (χ0v) is 15.8. The van der Waals surface area contributed by atoms with Gasteiger partial charge in [-0.2, -0.15) is 0 Å². The lowest BCUT2D eigenvalue weighted by Gasteiger charge is -2.20. The topological polar surface area (TPSA) is 4.36 Å². The number of hydrogen-bond donors (Lipinski definition) is 0. The van der Waals surface area contributed by atoms with Gasteiger partial charge in [-0.25, -0.2) is 6.57 Å². The molecule has 0 saturated carbocycles. The lowest BCUT2D eigenvalue weighted by molar-refractivity contribution is 0.939. The predicted molar refractivity (Wildman–Crippen MR) is 98.6 cm³/mol. The van der Waals surface area contributed by atoms with Crippen molar-refractivity contribution in [3.05, 3.63) is 67.9 Å². The Morgan fingerprint density at radius 3 is 1.52 bits per heavy atom. The van der Waals surface area contributed by atoms with Crippen molar-refractivity contribution < 1.29 is 0 Å². The van der Waals surface area contributed by atoms with E-state index < -0.39 is 0 Å². The van der Waals surface area contributed by atoms with Crippen molar-refractivity contribution in [3.8, 4) is 11.1 Å². The highest BCUT2D eigenvalue weighted by atomic mass is 79.9. The highest BCUT2D eigenvalue weighted by molar-refractivity contribution is 9.10. The third-order valence-electron chi connectivity index (χ3n) is 3.09. The van der Waals surface area contributed by atoms with Crippen molar-refractivity contribution in [2.75, 3.05) is 7.05 Å². The van der Waals surface area contributed by atoms with Crippen molar-refractivity contribution in [2.24, 2.45) is 0 Å². The molecule has 2 aromatic rings. The Morgan fingerprint density at radius 1 is 0.857 bits per heavy atom. The molecule has 0 amide bonds. The fraction of sp³-hybridized carbons (Fsp3) is 0.278. The van der Waals surface area contributed by atoms with Crippen LogP contribution in [-0.4, -0.2) is 7.05 Å². The summed E-state index contributed by atoms with van der Waals surface area (Å²) in [7, 11) is 1.42. The highest BCUT2D eigenvalue weighted by Gasteiger charge is 2.15. The summed E-state index contributed by atoms with van der Waals surface area (Å²) in [5, 5.41) is 0. The Balaban J connectivity index is 0.000000395. The van der Waals surface area contributed by atoms with E-state index in [9.17, 15) is 0 Å². The monoisotopic (exact) mass is 407 g/mol. The molecule has 2 aromatic carbocycles. The van der Waals surface area contributed by atoms with E-state index in [1.54, 1.807) is 0 Å². The first-order valence-corrected chi connectivity index (χ1v) is 8.57. The van der Waals surface area contributed by atoms with E-state index in [1.165, 1.54) is 38.2 Å². The number of fused-ring (bicyclic) bond motifs is 3. The van der Waals surface area contributed by atoms with Gasteiger partial charge in [-0.3, -0.25) is 0 Å². The van der Waals surface area contributed by atoms with Crippen molar-refractivity contribution >= 4 is 31.9 Å². The molecule has 3 rings (SSSR count). The molecule has 0 unspecified atom stereocenters. The summed E-state index contributed by atoms with van der Waals surface area (Å²) in [5.41, 5.74) is 5.67. The molecular weight excluding hydrogens is 390 g/mol. The van der Waals surface area contributed by atoms with E-state index in [0.717, 1.165) is 12.8 Å². The molecule has 21 heavy (non-hydrogen) atoms. The van der Waals surface area contributed by atoms with Crippen molar-refractivity contribution in [3.63, 3.8) is 0 Å². The minimum Gasteiger partial charge on any atom is -0.320 e. The van der Waals surface area contributed by atoms with E-state index >= 15 is 0 Å². The number of hydrogen-bond acceptors (Lipinski definition) is 0. The Morgan fingerprint density at radius 2 is 1.19 bits per heavy atom. The third kappa shape index (κ3) is 4.69. The third-order valence-corrected chi connectivity index (χ3v) is 4.07. The van der Waals surface area contributed by atoms with Gasteiger partial charge in [-0.1, -0.05) is 57.8 Å². The Hall–Kier alpha value is -1.11. The van der Waals surface area contributed by atoms with Crippen LogP contribution in [0.15, 0.2) is 45.3 Å². The molecular formula is C18H19Br2N. The summed E-state index contributed by atoms with van der Waals surface area (Å²) in [6.07, 6.45) is 2.27. The van der Waals surface area contributed by atoms with Gasteiger partial charge in [0, 0.05) is 8.95 Å². The zero-order valence-electron chi connectivity index (χ0n) is 12.6. The molecule has 0 N–H and O–H groups in total. The van der Waals surface area contributed by atoms with Crippen LogP contribution in [0, 0.1) is 6.57 Å². The molecule has 3 heteroatoms. The Labute approximate surface area is 144 Å². The molecule has 0 atom stereocenters. The summed E-state index contributed by atoms with van der Waals surface area (Å²) in [4.78, 5) is 2.75. The molecule has 1 aliphatic rings. The SMILES string of the molecule is Brc1ccc2c(c1)CCc1cc(Br)ccc1-2.CC.[C-]#[N+]C. The standard InChI is InChI=1S/C14H10Br2.C2H3N.C2H6/c15-11-3-5-13-9(7-11)1-2-10-8-12(16)4-6-14(10)13;1-3-2;1-2/h3-8H,1-2H2;1H3;1-2H3. The van der Waals surface area contributed by atoms with Gasteiger partial charge in [0.2, 0.25) is 7.05 Å². The molecule has 0 saturated heterocycles. The van der Waals surface area contributed by atoms with Crippen LogP contribution in [0.5, 0.6) is 0 Å². The molecule has 0 bridgehead atoms. The van der Waals surface area contributed by atoms with E-state index in [1.807, 2.05) is 13.8 Å². The minimum absolute atomic E-state index is 1.14. The average molecular weight is 409 g/mol. The predicted octanol–water partition coefficient (Wildman–Crippen LogP) is 6.54.